The number of rotatable bonds is 2. The van der Waals surface area contributed by atoms with Crippen LogP contribution in [0.2, 0.25) is 0 Å². The van der Waals surface area contributed by atoms with Crippen molar-refractivity contribution in [2.45, 2.75) is 70.8 Å². The van der Waals surface area contributed by atoms with Crippen molar-refractivity contribution in [1.82, 2.24) is 4.90 Å². The fraction of sp³-hybridized carbons (Fsp3) is 0.467. The summed E-state index contributed by atoms with van der Waals surface area (Å²) in [5.41, 5.74) is 3.84. The van der Waals surface area contributed by atoms with E-state index in [0.29, 0.717) is 35.1 Å². The van der Waals surface area contributed by atoms with E-state index >= 15 is 0 Å². The second-order valence-corrected chi connectivity index (χ2v) is 11.1. The second-order valence-electron chi connectivity index (χ2n) is 11.1. The fourth-order valence-electron chi connectivity index (χ4n) is 7.34. The zero-order chi connectivity index (χ0) is 25.3. The van der Waals surface area contributed by atoms with Crippen molar-refractivity contribution in [3.05, 3.63) is 63.8 Å². The Balaban J connectivity index is 1.47. The lowest BCUT2D eigenvalue weighted by Crippen LogP contribution is -2.43. The number of carbonyl (C=O) groups excluding carboxylic acids is 4. The first-order valence-corrected chi connectivity index (χ1v) is 13.1. The number of aryl methyl sites for hydroxylation is 1. The highest BCUT2D eigenvalue weighted by Gasteiger charge is 2.57. The number of imide groups is 1. The summed E-state index contributed by atoms with van der Waals surface area (Å²) in [6, 6.07) is 5.25. The van der Waals surface area contributed by atoms with Crippen LogP contribution in [0.3, 0.4) is 0 Å². The SMILES string of the molecule is CC1=CC(=O)C2=C(C[C@@H]3C(=CC[C@@H]4C(=O)N(C5CCCCC5)C(=O)[C@@H]43)[C@@H]2c2ccc(O)c(C)c2)C1=O. The molecule has 0 aromatic heterocycles. The van der Waals surface area contributed by atoms with Crippen molar-refractivity contribution in [2.75, 3.05) is 0 Å². The van der Waals surface area contributed by atoms with Crippen LogP contribution >= 0.6 is 0 Å². The van der Waals surface area contributed by atoms with E-state index in [2.05, 4.69) is 6.08 Å². The molecule has 4 atom stereocenters. The highest BCUT2D eigenvalue weighted by atomic mass is 16.3. The normalized spacial score (nSPS) is 30.7. The molecule has 0 spiro atoms. The number of hydrogen-bond donors (Lipinski definition) is 1. The molecule has 1 aromatic carbocycles. The van der Waals surface area contributed by atoms with E-state index in [1.165, 1.54) is 6.08 Å². The molecule has 2 fully saturated rings. The van der Waals surface area contributed by atoms with E-state index in [-0.39, 0.29) is 41.1 Å². The van der Waals surface area contributed by atoms with E-state index in [1.54, 1.807) is 30.9 Å². The van der Waals surface area contributed by atoms with E-state index in [9.17, 15) is 24.3 Å². The number of Topliss-reactive ketones (excluding diaryl/α,β-unsaturated/α-hetero) is 1. The highest BCUT2D eigenvalue weighted by molar-refractivity contribution is 6.23. The van der Waals surface area contributed by atoms with Crippen LogP contribution in [0.25, 0.3) is 0 Å². The Morgan fingerprint density at radius 2 is 1.69 bits per heavy atom. The molecule has 0 bridgehead atoms. The zero-order valence-corrected chi connectivity index (χ0v) is 20.8. The fourth-order valence-corrected chi connectivity index (χ4v) is 7.34. The van der Waals surface area contributed by atoms with Crippen molar-refractivity contribution in [1.29, 1.82) is 0 Å². The maximum Gasteiger partial charge on any atom is 0.233 e. The number of carbonyl (C=O) groups is 4. The molecule has 1 saturated heterocycles. The quantitative estimate of drug-likeness (QED) is 0.379. The van der Waals surface area contributed by atoms with Crippen molar-refractivity contribution in [2.24, 2.45) is 17.8 Å². The molecule has 4 aliphatic carbocycles. The Labute approximate surface area is 210 Å². The van der Waals surface area contributed by atoms with Gasteiger partial charge in [-0.2, -0.15) is 0 Å². The van der Waals surface area contributed by atoms with E-state index < -0.39 is 17.8 Å². The molecule has 6 rings (SSSR count). The Morgan fingerprint density at radius 1 is 0.944 bits per heavy atom. The van der Waals surface area contributed by atoms with Gasteiger partial charge < -0.3 is 5.11 Å². The van der Waals surface area contributed by atoms with Crippen LogP contribution in [0.4, 0.5) is 0 Å². The summed E-state index contributed by atoms with van der Waals surface area (Å²) in [4.78, 5) is 55.6. The van der Waals surface area contributed by atoms with E-state index in [4.69, 9.17) is 0 Å². The lowest BCUT2D eigenvalue weighted by atomic mass is 9.59. The average molecular weight is 486 g/mol. The van der Waals surface area contributed by atoms with E-state index in [0.717, 1.165) is 43.2 Å². The number of amides is 2. The maximum atomic E-state index is 13.9. The van der Waals surface area contributed by atoms with Crippen LogP contribution in [0.15, 0.2) is 52.6 Å². The Hall–Kier alpha value is -3.28. The Bertz CT molecular complexity index is 1310. The van der Waals surface area contributed by atoms with Crippen molar-refractivity contribution in [3.63, 3.8) is 0 Å². The number of benzene rings is 1. The molecule has 6 nitrogen and oxygen atoms in total. The van der Waals surface area contributed by atoms with Gasteiger partial charge in [0, 0.05) is 28.7 Å². The van der Waals surface area contributed by atoms with Crippen LogP contribution < -0.4 is 0 Å². The van der Waals surface area contributed by atoms with Crippen molar-refractivity contribution < 1.29 is 24.3 Å². The monoisotopic (exact) mass is 485 g/mol. The molecule has 0 unspecified atom stereocenters. The summed E-state index contributed by atoms with van der Waals surface area (Å²) < 4.78 is 0. The third-order valence-corrected chi connectivity index (χ3v) is 9.09. The number of likely N-dealkylation sites (tertiary alicyclic amines) is 1. The Morgan fingerprint density at radius 3 is 2.42 bits per heavy atom. The van der Waals surface area contributed by atoms with Gasteiger partial charge in [0.1, 0.15) is 5.75 Å². The summed E-state index contributed by atoms with van der Waals surface area (Å²) in [7, 11) is 0. The summed E-state index contributed by atoms with van der Waals surface area (Å²) in [5, 5.41) is 10.1. The van der Waals surface area contributed by atoms with Crippen LogP contribution in [0, 0.1) is 24.7 Å². The van der Waals surface area contributed by atoms with E-state index in [1.807, 2.05) is 6.07 Å². The minimum Gasteiger partial charge on any atom is -0.508 e. The molecule has 2 amide bonds. The van der Waals surface area contributed by atoms with Gasteiger partial charge in [0.15, 0.2) is 11.6 Å². The predicted octanol–water partition coefficient (Wildman–Crippen LogP) is 4.46. The number of phenols is 1. The Kier molecular flexibility index (Phi) is 5.39. The molecular formula is C30H31NO5. The number of fused-ring (bicyclic) bond motifs is 3. The van der Waals surface area contributed by atoms with Gasteiger partial charge in [0.25, 0.3) is 0 Å². The summed E-state index contributed by atoms with van der Waals surface area (Å²) in [6.07, 6.45) is 9.19. The summed E-state index contributed by atoms with van der Waals surface area (Å²) >= 11 is 0. The summed E-state index contributed by atoms with van der Waals surface area (Å²) in [6.45, 7) is 3.46. The number of ketones is 2. The van der Waals surface area contributed by atoms with Gasteiger partial charge in [0.2, 0.25) is 11.8 Å². The third-order valence-electron chi connectivity index (χ3n) is 9.09. The molecule has 1 heterocycles. The number of phenolic OH excluding ortho intramolecular Hbond substituents is 1. The van der Waals surface area contributed by atoms with Crippen LogP contribution in [-0.2, 0) is 19.2 Å². The minimum atomic E-state index is -0.497. The first-order chi connectivity index (χ1) is 17.3. The van der Waals surface area contributed by atoms with Crippen LogP contribution in [0.5, 0.6) is 5.75 Å². The van der Waals surface area contributed by atoms with Gasteiger partial charge in [-0.05, 0) is 68.7 Å². The maximum absolute atomic E-state index is 13.9. The zero-order valence-electron chi connectivity index (χ0n) is 20.8. The molecule has 36 heavy (non-hydrogen) atoms. The predicted molar refractivity (Wildman–Crippen MR) is 133 cm³/mol. The van der Waals surface area contributed by atoms with Crippen LogP contribution in [0.1, 0.15) is 68.9 Å². The average Bonchev–Trinajstić information content (AvgIpc) is 3.13. The number of allylic oxidation sites excluding steroid dienone is 6. The molecule has 1 aromatic rings. The topological polar surface area (TPSA) is 91.8 Å². The standard InChI is InChI=1S/C30H31NO5/c1-15-12-17(8-11-23(15)32)25-19-9-10-20-26(30(36)31(29(20)35)18-6-4-3-5-7-18)21(19)14-22-27(25)24(33)13-16(2)28(22)34/h8-9,11-13,18,20-21,25-26,32H,3-7,10,14H2,1-2H3/t20-,21+,25-,26-/m0/s1. The highest BCUT2D eigenvalue weighted by Crippen LogP contribution is 2.55. The van der Waals surface area contributed by atoms with Crippen molar-refractivity contribution >= 4 is 23.4 Å². The number of hydrogen-bond acceptors (Lipinski definition) is 5. The van der Waals surface area contributed by atoms with Gasteiger partial charge in [-0.15, -0.1) is 0 Å². The molecule has 1 aliphatic heterocycles. The van der Waals surface area contributed by atoms with Crippen molar-refractivity contribution in [3.8, 4) is 5.75 Å². The molecule has 1 N–H and O–H groups in total. The largest absolute Gasteiger partial charge is 0.508 e. The van der Waals surface area contributed by atoms with Gasteiger partial charge in [-0.1, -0.05) is 43.0 Å². The van der Waals surface area contributed by atoms with Gasteiger partial charge in [-0.25, -0.2) is 0 Å². The molecular weight excluding hydrogens is 454 g/mol. The molecule has 5 aliphatic rings. The third kappa shape index (κ3) is 3.30. The molecule has 186 valence electrons. The number of aromatic hydroxyl groups is 1. The van der Waals surface area contributed by atoms with Gasteiger partial charge >= 0.3 is 0 Å². The van der Waals surface area contributed by atoms with Crippen LogP contribution in [-0.4, -0.2) is 39.4 Å². The van der Waals surface area contributed by atoms with Gasteiger partial charge in [0.05, 0.1) is 11.8 Å². The first kappa shape index (κ1) is 23.1. The lowest BCUT2D eigenvalue weighted by molar-refractivity contribution is -0.143. The molecule has 6 heteroatoms. The molecule has 0 radical (unpaired) electrons. The lowest BCUT2D eigenvalue weighted by Gasteiger charge is -2.42. The second kappa shape index (κ2) is 8.39. The minimum absolute atomic E-state index is 0.0234. The van der Waals surface area contributed by atoms with Gasteiger partial charge in [-0.3, -0.25) is 24.1 Å². The molecule has 1 saturated carbocycles. The summed E-state index contributed by atoms with van der Waals surface area (Å²) in [5.74, 6) is -1.97. The number of nitrogens with zero attached hydrogens (tertiary/aromatic N) is 1. The smallest absolute Gasteiger partial charge is 0.233 e. The first-order valence-electron chi connectivity index (χ1n) is 13.1.